The number of amides is 1. The van der Waals surface area contributed by atoms with E-state index in [1.165, 1.54) is 19.2 Å². The van der Waals surface area contributed by atoms with Crippen LogP contribution in [-0.2, 0) is 4.74 Å². The van der Waals surface area contributed by atoms with Gasteiger partial charge in [-0.15, -0.1) is 0 Å². The van der Waals surface area contributed by atoms with Crippen molar-refractivity contribution in [3.63, 3.8) is 0 Å². The minimum Gasteiger partial charge on any atom is -0.497 e. The molecule has 0 saturated heterocycles. The first-order valence-electron chi connectivity index (χ1n) is 5.75. The topological polar surface area (TPSA) is 84.9 Å². The Balaban J connectivity index is 3.11. The van der Waals surface area contributed by atoms with Crippen LogP contribution in [-0.4, -0.2) is 29.9 Å². The van der Waals surface area contributed by atoms with Crippen LogP contribution in [0.15, 0.2) is 12.1 Å². The van der Waals surface area contributed by atoms with E-state index in [2.05, 4.69) is 5.32 Å². The third kappa shape index (κ3) is 4.31. The second-order valence-corrected chi connectivity index (χ2v) is 5.37. The van der Waals surface area contributed by atoms with Crippen molar-refractivity contribution in [3.05, 3.63) is 22.7 Å². The minimum atomic E-state index is -1.24. The second kappa shape index (κ2) is 6.00. The Labute approximate surface area is 121 Å². The molecule has 1 rings (SSSR count). The maximum atomic E-state index is 11.7. The molecule has 110 valence electrons. The fourth-order valence-corrected chi connectivity index (χ4v) is 1.66. The lowest BCUT2D eigenvalue weighted by atomic mass is 10.1. The van der Waals surface area contributed by atoms with Crippen LogP contribution in [0, 0.1) is 0 Å². The van der Waals surface area contributed by atoms with Gasteiger partial charge in [-0.1, -0.05) is 11.6 Å². The summed E-state index contributed by atoms with van der Waals surface area (Å²) >= 11 is 5.96. The molecule has 0 radical (unpaired) electrons. The standard InChI is InChI=1S/C13H16ClNO5/c1-13(2,3)20-12(18)15-10-8(11(16)17)5-7(19-4)6-9(10)14/h5-6H,1-4H3,(H,15,18)(H,16,17). The summed E-state index contributed by atoms with van der Waals surface area (Å²) in [6.07, 6.45) is -0.785. The molecule has 0 saturated carbocycles. The van der Waals surface area contributed by atoms with Crippen molar-refractivity contribution < 1.29 is 24.2 Å². The van der Waals surface area contributed by atoms with Crippen LogP contribution in [0.5, 0.6) is 5.75 Å². The van der Waals surface area contributed by atoms with E-state index in [4.69, 9.17) is 26.2 Å². The number of carbonyl (C=O) groups excluding carboxylic acids is 1. The maximum Gasteiger partial charge on any atom is 0.412 e. The Morgan fingerprint density at radius 2 is 1.90 bits per heavy atom. The van der Waals surface area contributed by atoms with Gasteiger partial charge in [0.2, 0.25) is 0 Å². The Bertz CT molecular complexity index is 536. The first-order valence-corrected chi connectivity index (χ1v) is 6.12. The first-order chi connectivity index (χ1) is 9.14. The first kappa shape index (κ1) is 16.1. The zero-order valence-electron chi connectivity index (χ0n) is 11.6. The number of carbonyl (C=O) groups is 2. The number of hydrogen-bond acceptors (Lipinski definition) is 4. The van der Waals surface area contributed by atoms with Gasteiger partial charge in [-0.3, -0.25) is 5.32 Å². The molecule has 0 heterocycles. The van der Waals surface area contributed by atoms with Crippen molar-refractivity contribution in [1.29, 1.82) is 0 Å². The summed E-state index contributed by atoms with van der Waals surface area (Å²) < 4.78 is 9.99. The number of ether oxygens (including phenoxy) is 2. The number of carboxylic acids is 1. The van der Waals surface area contributed by atoms with E-state index in [0.29, 0.717) is 0 Å². The molecule has 0 aromatic heterocycles. The number of carboxylic acid groups (broad SMARTS) is 1. The molecule has 1 aromatic carbocycles. The third-order valence-electron chi connectivity index (χ3n) is 2.16. The van der Waals surface area contributed by atoms with Gasteiger partial charge < -0.3 is 14.6 Å². The van der Waals surface area contributed by atoms with Crippen LogP contribution >= 0.6 is 11.6 Å². The molecular formula is C13H16ClNO5. The minimum absolute atomic E-state index is 0.0331. The Hall–Kier alpha value is -1.95. The molecule has 1 amide bonds. The molecular weight excluding hydrogens is 286 g/mol. The molecule has 0 aliphatic heterocycles. The number of nitrogens with one attached hydrogen (secondary N) is 1. The van der Waals surface area contributed by atoms with Crippen molar-refractivity contribution >= 4 is 29.4 Å². The highest BCUT2D eigenvalue weighted by atomic mass is 35.5. The van der Waals surface area contributed by atoms with E-state index >= 15 is 0 Å². The van der Waals surface area contributed by atoms with Crippen LogP contribution in [0.2, 0.25) is 5.02 Å². The predicted molar refractivity (Wildman–Crippen MR) is 74.8 cm³/mol. The highest BCUT2D eigenvalue weighted by molar-refractivity contribution is 6.34. The van der Waals surface area contributed by atoms with Crippen LogP contribution in [0.3, 0.4) is 0 Å². The molecule has 0 fully saturated rings. The van der Waals surface area contributed by atoms with E-state index in [1.807, 2.05) is 0 Å². The third-order valence-corrected chi connectivity index (χ3v) is 2.45. The van der Waals surface area contributed by atoms with E-state index in [9.17, 15) is 9.59 Å². The van der Waals surface area contributed by atoms with Crippen molar-refractivity contribution in [3.8, 4) is 5.75 Å². The number of anilines is 1. The molecule has 6 nitrogen and oxygen atoms in total. The summed E-state index contributed by atoms with van der Waals surface area (Å²) in [6.45, 7) is 5.08. The largest absolute Gasteiger partial charge is 0.497 e. The van der Waals surface area contributed by atoms with Gasteiger partial charge in [0.1, 0.15) is 11.4 Å². The fraction of sp³-hybridized carbons (Fsp3) is 0.385. The van der Waals surface area contributed by atoms with Gasteiger partial charge >= 0.3 is 12.1 Å². The van der Waals surface area contributed by atoms with E-state index in [-0.39, 0.29) is 22.0 Å². The lowest BCUT2D eigenvalue weighted by molar-refractivity contribution is 0.0636. The fourth-order valence-electron chi connectivity index (χ4n) is 1.40. The summed E-state index contributed by atoms with van der Waals surface area (Å²) in [5, 5.41) is 11.5. The molecule has 0 aliphatic carbocycles. The zero-order chi connectivity index (χ0) is 15.5. The monoisotopic (exact) mass is 301 g/mol. The Morgan fingerprint density at radius 1 is 1.30 bits per heavy atom. The predicted octanol–water partition coefficient (Wildman–Crippen LogP) is 3.39. The SMILES string of the molecule is COc1cc(Cl)c(NC(=O)OC(C)(C)C)c(C(=O)O)c1. The average Bonchev–Trinajstić information content (AvgIpc) is 2.28. The lowest BCUT2D eigenvalue weighted by Gasteiger charge is -2.20. The zero-order valence-corrected chi connectivity index (χ0v) is 12.4. The second-order valence-electron chi connectivity index (χ2n) is 4.96. The summed E-state index contributed by atoms with van der Waals surface area (Å²) in [7, 11) is 1.39. The van der Waals surface area contributed by atoms with Crippen LogP contribution < -0.4 is 10.1 Å². The highest BCUT2D eigenvalue weighted by Crippen LogP contribution is 2.31. The van der Waals surface area contributed by atoms with Gasteiger partial charge in [-0.2, -0.15) is 0 Å². The average molecular weight is 302 g/mol. The molecule has 0 spiro atoms. The van der Waals surface area contributed by atoms with Crippen molar-refractivity contribution in [2.75, 3.05) is 12.4 Å². The number of aromatic carboxylic acids is 1. The molecule has 7 heteroatoms. The number of hydrogen-bond donors (Lipinski definition) is 2. The molecule has 2 N–H and O–H groups in total. The summed E-state index contributed by atoms with van der Waals surface area (Å²) in [6, 6.07) is 2.67. The summed E-state index contributed by atoms with van der Waals surface area (Å²) in [5.74, 6) is -0.959. The maximum absolute atomic E-state index is 11.7. The number of halogens is 1. The Morgan fingerprint density at radius 3 is 2.35 bits per heavy atom. The molecule has 1 aromatic rings. The van der Waals surface area contributed by atoms with E-state index < -0.39 is 17.7 Å². The normalized spacial score (nSPS) is 10.8. The van der Waals surface area contributed by atoms with Crippen molar-refractivity contribution in [1.82, 2.24) is 0 Å². The summed E-state index contributed by atoms with van der Waals surface area (Å²) in [4.78, 5) is 22.9. The van der Waals surface area contributed by atoms with Crippen molar-refractivity contribution in [2.24, 2.45) is 0 Å². The van der Waals surface area contributed by atoms with Gasteiger partial charge in [-0.05, 0) is 26.8 Å². The van der Waals surface area contributed by atoms with Crippen molar-refractivity contribution in [2.45, 2.75) is 26.4 Å². The Kier molecular flexibility index (Phi) is 4.83. The number of benzene rings is 1. The van der Waals surface area contributed by atoms with Gasteiger partial charge in [0.15, 0.2) is 0 Å². The number of rotatable bonds is 3. The van der Waals surface area contributed by atoms with E-state index in [1.54, 1.807) is 20.8 Å². The summed E-state index contributed by atoms with van der Waals surface area (Å²) in [5.41, 5.74) is -0.915. The molecule has 20 heavy (non-hydrogen) atoms. The van der Waals surface area contributed by atoms with Crippen LogP contribution in [0.25, 0.3) is 0 Å². The number of methoxy groups -OCH3 is 1. The molecule has 0 bridgehead atoms. The van der Waals surface area contributed by atoms with Crippen LogP contribution in [0.4, 0.5) is 10.5 Å². The lowest BCUT2D eigenvalue weighted by Crippen LogP contribution is -2.27. The van der Waals surface area contributed by atoms with Crippen LogP contribution in [0.1, 0.15) is 31.1 Å². The molecule has 0 aliphatic rings. The van der Waals surface area contributed by atoms with Gasteiger partial charge in [0, 0.05) is 6.07 Å². The van der Waals surface area contributed by atoms with E-state index in [0.717, 1.165) is 0 Å². The molecule has 0 atom stereocenters. The van der Waals surface area contributed by atoms with Gasteiger partial charge in [-0.25, -0.2) is 9.59 Å². The smallest absolute Gasteiger partial charge is 0.412 e. The quantitative estimate of drug-likeness (QED) is 0.894. The highest BCUT2D eigenvalue weighted by Gasteiger charge is 2.21. The molecule has 0 unspecified atom stereocenters. The van der Waals surface area contributed by atoms with Gasteiger partial charge in [0.25, 0.3) is 0 Å². The van der Waals surface area contributed by atoms with Gasteiger partial charge in [0.05, 0.1) is 23.4 Å².